The van der Waals surface area contributed by atoms with Crippen molar-refractivity contribution >= 4 is 46.1 Å². The molecule has 432 valence electrons. The summed E-state index contributed by atoms with van der Waals surface area (Å²) in [6, 6.07) is 11.4. The normalized spacial score (nSPS) is 27.3. The number of phenolic OH excluding ortho intramolecular Hbond substituents is 2. The number of hydrogen-bond acceptors (Lipinski definition) is 16. The van der Waals surface area contributed by atoms with E-state index in [2.05, 4.69) is 78.3 Å². The molecule has 2 saturated heterocycles. The van der Waals surface area contributed by atoms with Gasteiger partial charge in [0.15, 0.2) is 11.4 Å². The van der Waals surface area contributed by atoms with Gasteiger partial charge in [-0.3, -0.25) is 24.4 Å². The Morgan fingerprint density at radius 3 is 2.22 bits per heavy atom. The number of hydrogen-bond donors (Lipinski definition) is 5. The lowest BCUT2D eigenvalue weighted by atomic mass is 9.80. The summed E-state index contributed by atoms with van der Waals surface area (Å²) in [6.07, 6.45) is 11.8. The number of ketones is 1. The zero-order valence-electron chi connectivity index (χ0n) is 49.1. The molecule has 5 N–H and O–H groups in total. The van der Waals surface area contributed by atoms with Crippen LogP contribution in [-0.2, 0) is 23.9 Å². The van der Waals surface area contributed by atoms with Gasteiger partial charge in [0.1, 0.15) is 40.3 Å². The molecule has 17 heteroatoms. The molecule has 0 saturated carbocycles. The van der Waals surface area contributed by atoms with Crippen molar-refractivity contribution in [1.82, 2.24) is 9.80 Å². The molecule has 17 nitrogen and oxygen atoms in total. The number of aliphatic hydroxyl groups is 2. The minimum atomic E-state index is -1.91. The number of para-hydroxylation sites is 1. The summed E-state index contributed by atoms with van der Waals surface area (Å²) < 4.78 is 18.4. The third-order valence-electron chi connectivity index (χ3n) is 16.4. The van der Waals surface area contributed by atoms with E-state index in [4.69, 9.17) is 29.3 Å². The molecule has 9 rings (SSSR count). The molecule has 2 fully saturated rings. The van der Waals surface area contributed by atoms with Crippen molar-refractivity contribution in [1.29, 1.82) is 0 Å². The number of nitrogens with one attached hydrogen (secondary N) is 1. The number of ether oxygens (including phenoxy) is 3. The number of carbonyl (C=O) groups is 4. The second kappa shape index (κ2) is 26.0. The molecule has 0 aliphatic carbocycles. The first-order chi connectivity index (χ1) is 37.3. The average molecular weight is 1090 g/mol. The van der Waals surface area contributed by atoms with E-state index < -0.39 is 58.4 Å². The van der Waals surface area contributed by atoms with Crippen molar-refractivity contribution in [2.24, 2.45) is 45.0 Å². The van der Waals surface area contributed by atoms with E-state index in [0.29, 0.717) is 49.5 Å². The first kappa shape index (κ1) is 62.1. The first-order valence-electron chi connectivity index (χ1n) is 28.1. The van der Waals surface area contributed by atoms with E-state index in [0.717, 1.165) is 26.7 Å². The molecular weight excluding hydrogens is 1000 g/mol. The number of aliphatic hydroxyl groups excluding tert-OH is 2. The van der Waals surface area contributed by atoms with Crippen LogP contribution in [0.1, 0.15) is 124 Å². The molecule has 0 aromatic heterocycles. The van der Waals surface area contributed by atoms with Crippen molar-refractivity contribution < 1.29 is 53.8 Å². The number of amides is 1. The predicted octanol–water partition coefficient (Wildman–Crippen LogP) is 8.18. The summed E-state index contributed by atoms with van der Waals surface area (Å²) in [6.45, 7) is 24.4. The number of benzene rings is 3. The van der Waals surface area contributed by atoms with Gasteiger partial charge in [0.25, 0.3) is 11.7 Å². The number of rotatable bonds is 7. The van der Waals surface area contributed by atoms with Gasteiger partial charge in [-0.2, -0.15) is 0 Å². The Morgan fingerprint density at radius 1 is 0.962 bits per heavy atom. The van der Waals surface area contributed by atoms with E-state index in [1.807, 2.05) is 33.8 Å². The monoisotopic (exact) mass is 1090 g/mol. The molecule has 0 radical (unpaired) electrons. The quantitative estimate of drug-likeness (QED) is 0.0652. The average Bonchev–Trinajstić information content (AvgIpc) is 3.14. The zero-order chi connectivity index (χ0) is 58.3. The molecule has 7 atom stereocenters. The van der Waals surface area contributed by atoms with Gasteiger partial charge in [-0.15, -0.1) is 0 Å². The number of nitrogens with zero attached hydrogens (tertiary/aromatic N) is 5. The number of allylic oxidation sites excluding steroid dienone is 4. The Balaban J connectivity index is 0.000000504. The standard InChI is InChI=1S/C48H64N4O10.C13H20N2.CH4O/c1-25(2)23-52-19-17-48(18-20-52)50-35-32-33-39(55)31(8)42-34(32)43(57)47(11,62-42)60-21-13-16-27(4)41(61-45(59)46(9,10)24-53)30(7)38(54)29(6)22-26(3)14-12-15-28(5)44(58)49-37(40(33)56)36(35)51-48;1-14-10-8-13(9-11-14)15(2)12-6-4-3-5-7-12;1-2/h12-15,21,24-27,29-30,38,41,54-56H,16-20,22-23H2,1-11H3,(H,49,58);3-7,13H,8-11H2,1-2H3;2H,1H3/b14-12+,21-13+,28-15-;;/t26?,27-,29-,30-,38?,41?,47?;;/m1../s1. The van der Waals surface area contributed by atoms with E-state index in [-0.39, 0.29) is 67.6 Å². The Bertz CT molecular complexity index is 2900. The Kier molecular flexibility index (Phi) is 20.4. The summed E-state index contributed by atoms with van der Waals surface area (Å²) in [5.74, 6) is -5.15. The number of Topliss-reactive ketones (excluding diaryl/α,β-unsaturated/α-hetero) is 1. The summed E-state index contributed by atoms with van der Waals surface area (Å²) >= 11 is 0. The van der Waals surface area contributed by atoms with Gasteiger partial charge in [-0.05, 0) is 115 Å². The molecule has 6 heterocycles. The lowest BCUT2D eigenvalue weighted by molar-refractivity contribution is -0.169. The van der Waals surface area contributed by atoms with Crippen LogP contribution in [0.5, 0.6) is 17.2 Å². The van der Waals surface area contributed by atoms with Crippen LogP contribution in [0.25, 0.3) is 10.8 Å². The van der Waals surface area contributed by atoms with Crippen molar-refractivity contribution in [3.05, 3.63) is 88.3 Å². The van der Waals surface area contributed by atoms with Crippen LogP contribution in [0.2, 0.25) is 0 Å². The summed E-state index contributed by atoms with van der Waals surface area (Å²) in [5.41, 5.74) is -0.459. The second-order valence-electron chi connectivity index (χ2n) is 23.7. The highest BCUT2D eigenvalue weighted by Gasteiger charge is 2.50. The summed E-state index contributed by atoms with van der Waals surface area (Å²) in [5, 5.41) is 46.0. The predicted molar refractivity (Wildman–Crippen MR) is 308 cm³/mol. The summed E-state index contributed by atoms with van der Waals surface area (Å²) in [4.78, 5) is 71.2. The number of carbonyl (C=O) groups excluding carboxylic acids is 4. The fourth-order valence-electron chi connectivity index (χ4n) is 11.4. The fraction of sp³-hybridized carbons (Fsp3) is 0.581. The van der Waals surface area contributed by atoms with Gasteiger partial charge in [0, 0.05) is 87.7 Å². The van der Waals surface area contributed by atoms with Crippen LogP contribution < -0.4 is 25.7 Å². The number of piperidine rings is 2. The number of aromatic hydroxyl groups is 2. The van der Waals surface area contributed by atoms with E-state index >= 15 is 0 Å². The van der Waals surface area contributed by atoms with Crippen molar-refractivity contribution in [2.45, 2.75) is 144 Å². The largest absolute Gasteiger partial charge is 0.507 e. The van der Waals surface area contributed by atoms with E-state index in [9.17, 15) is 34.5 Å². The minimum Gasteiger partial charge on any atom is -0.507 e. The van der Waals surface area contributed by atoms with Gasteiger partial charge >= 0.3 is 11.8 Å². The topological polar surface area (TPSA) is 223 Å². The molecule has 1 amide bonds. The van der Waals surface area contributed by atoms with Crippen LogP contribution in [0.3, 0.4) is 0 Å². The highest BCUT2D eigenvalue weighted by atomic mass is 16.7. The number of phenols is 2. The highest BCUT2D eigenvalue weighted by Crippen LogP contribution is 2.50. The SMILES string of the molecule is C/C1=C/C=C/C(C)C[C@@H](C)C(O)[C@@H](C)C(OC(=O)C(C)(C)C=O)[C@H](C)C/C=C/OC2(C)Oc3c(C)c(O)c4c(O)c(c5c(c4c3C2=O)=NC2(CCN(CC(C)C)CC2)N=5)NC1=O.CN1CCC(N(C)c2ccccc2)CC1.CO. The third kappa shape index (κ3) is 13.7. The molecule has 6 aliphatic rings. The van der Waals surface area contributed by atoms with Gasteiger partial charge in [0.05, 0.1) is 28.7 Å². The smallest absolute Gasteiger partial charge is 0.319 e. The minimum absolute atomic E-state index is 0.0185. The Morgan fingerprint density at radius 2 is 1.59 bits per heavy atom. The molecule has 5 bridgehead atoms. The van der Waals surface area contributed by atoms with Gasteiger partial charge < -0.3 is 59.4 Å². The van der Waals surface area contributed by atoms with E-state index in [1.165, 1.54) is 58.7 Å². The zero-order valence-corrected chi connectivity index (χ0v) is 49.1. The second-order valence-corrected chi connectivity index (χ2v) is 23.7. The molecule has 4 unspecified atom stereocenters. The number of fused-ring (bicyclic) bond motifs is 13. The number of anilines is 2. The molecule has 3 aromatic carbocycles. The molecular formula is C62H88N6O11. The van der Waals surface area contributed by atoms with Crippen LogP contribution in [0.4, 0.5) is 11.4 Å². The molecule has 3 aromatic rings. The molecule has 6 aliphatic heterocycles. The number of likely N-dealkylation sites (tertiary alicyclic amines) is 2. The number of aldehydes is 1. The van der Waals surface area contributed by atoms with Gasteiger partial charge in [-0.1, -0.05) is 78.0 Å². The van der Waals surface area contributed by atoms with E-state index in [1.54, 1.807) is 32.1 Å². The lowest BCUT2D eigenvalue weighted by Crippen LogP contribution is -2.43. The van der Waals surface area contributed by atoms with Crippen LogP contribution in [0, 0.1) is 41.9 Å². The lowest BCUT2D eigenvalue weighted by Gasteiger charge is -2.36. The van der Waals surface area contributed by atoms with Crippen molar-refractivity contribution in [3.8, 4) is 17.2 Å². The Labute approximate surface area is 467 Å². The first-order valence-corrected chi connectivity index (χ1v) is 28.1. The maximum absolute atomic E-state index is 14.7. The van der Waals surface area contributed by atoms with Crippen molar-refractivity contribution in [3.63, 3.8) is 0 Å². The Hall–Kier alpha value is -6.14. The third-order valence-corrected chi connectivity index (χ3v) is 16.4. The maximum Gasteiger partial charge on any atom is 0.319 e. The van der Waals surface area contributed by atoms with Gasteiger partial charge in [-0.25, -0.2) is 0 Å². The highest BCUT2D eigenvalue weighted by molar-refractivity contribution is 6.19. The van der Waals surface area contributed by atoms with Crippen LogP contribution in [0.15, 0.2) is 76.5 Å². The van der Waals surface area contributed by atoms with Crippen LogP contribution in [-0.4, -0.2) is 138 Å². The van der Waals surface area contributed by atoms with Crippen molar-refractivity contribution in [2.75, 3.05) is 64.1 Å². The maximum atomic E-state index is 14.7. The number of esters is 1. The fourth-order valence-corrected chi connectivity index (χ4v) is 11.4. The summed E-state index contributed by atoms with van der Waals surface area (Å²) in [7, 11) is 5.42. The van der Waals surface area contributed by atoms with Crippen LogP contribution >= 0.6 is 0 Å². The molecule has 79 heavy (non-hydrogen) atoms. The molecule has 1 spiro atoms. The van der Waals surface area contributed by atoms with Gasteiger partial charge in [0.2, 0.25) is 0 Å².